The summed E-state index contributed by atoms with van der Waals surface area (Å²) in [5.74, 6) is 2.13. The standard InChI is InChI=1S/C15H19N3O.ClH/c1-2-6-13(7-3-1)15-17-14(19-18-15)11-12-5-4-9-16-10-8-12;/h1-3,6-7,12,16H,4-5,8-11H2;1H. The second kappa shape index (κ2) is 7.41. The van der Waals surface area contributed by atoms with Crippen molar-refractivity contribution in [2.75, 3.05) is 13.1 Å². The molecule has 0 saturated carbocycles. The second-order valence-electron chi connectivity index (χ2n) is 5.13. The van der Waals surface area contributed by atoms with Crippen LogP contribution >= 0.6 is 12.4 Å². The van der Waals surface area contributed by atoms with Crippen LogP contribution in [-0.2, 0) is 6.42 Å². The van der Waals surface area contributed by atoms with Crippen LogP contribution in [0.1, 0.15) is 25.2 Å². The van der Waals surface area contributed by atoms with Gasteiger partial charge in [-0.3, -0.25) is 0 Å². The largest absolute Gasteiger partial charge is 0.339 e. The van der Waals surface area contributed by atoms with E-state index in [-0.39, 0.29) is 12.4 Å². The van der Waals surface area contributed by atoms with Crippen LogP contribution in [0, 0.1) is 5.92 Å². The first-order valence-corrected chi connectivity index (χ1v) is 7.00. The molecule has 2 heterocycles. The van der Waals surface area contributed by atoms with Gasteiger partial charge in [0.2, 0.25) is 11.7 Å². The fraction of sp³-hybridized carbons (Fsp3) is 0.467. The van der Waals surface area contributed by atoms with Gasteiger partial charge < -0.3 is 9.84 Å². The molecular weight excluding hydrogens is 274 g/mol. The third-order valence-corrected chi connectivity index (χ3v) is 3.66. The Hall–Kier alpha value is -1.39. The Morgan fingerprint density at radius 3 is 2.85 bits per heavy atom. The van der Waals surface area contributed by atoms with E-state index in [1.54, 1.807) is 0 Å². The number of hydrogen-bond acceptors (Lipinski definition) is 4. The summed E-state index contributed by atoms with van der Waals surface area (Å²) in [6.45, 7) is 2.24. The fourth-order valence-electron chi connectivity index (χ4n) is 2.58. The molecule has 1 fully saturated rings. The third-order valence-electron chi connectivity index (χ3n) is 3.66. The van der Waals surface area contributed by atoms with Crippen molar-refractivity contribution in [1.29, 1.82) is 0 Å². The van der Waals surface area contributed by atoms with Gasteiger partial charge in [0.25, 0.3) is 0 Å². The number of rotatable bonds is 3. The number of halogens is 1. The SMILES string of the molecule is Cl.c1ccc(-c2noc(CC3CCCNCC3)n2)cc1. The number of nitrogens with one attached hydrogen (secondary N) is 1. The van der Waals surface area contributed by atoms with Crippen LogP contribution in [0.15, 0.2) is 34.9 Å². The minimum Gasteiger partial charge on any atom is -0.339 e. The van der Waals surface area contributed by atoms with Gasteiger partial charge in [-0.1, -0.05) is 35.5 Å². The first-order chi connectivity index (χ1) is 9.42. The Kier molecular flexibility index (Phi) is 5.56. The lowest BCUT2D eigenvalue weighted by Gasteiger charge is -2.09. The molecular formula is C15H20ClN3O. The molecule has 108 valence electrons. The van der Waals surface area contributed by atoms with E-state index < -0.39 is 0 Å². The highest BCUT2D eigenvalue weighted by Crippen LogP contribution is 2.20. The van der Waals surface area contributed by atoms with Gasteiger partial charge in [0.15, 0.2) is 0 Å². The summed E-state index contributed by atoms with van der Waals surface area (Å²) in [4.78, 5) is 4.51. The lowest BCUT2D eigenvalue weighted by Crippen LogP contribution is -2.14. The highest BCUT2D eigenvalue weighted by atomic mass is 35.5. The molecule has 5 heteroatoms. The fourth-order valence-corrected chi connectivity index (χ4v) is 2.58. The summed E-state index contributed by atoms with van der Waals surface area (Å²) < 4.78 is 5.38. The van der Waals surface area contributed by atoms with Gasteiger partial charge >= 0.3 is 0 Å². The van der Waals surface area contributed by atoms with E-state index in [4.69, 9.17) is 4.52 Å². The smallest absolute Gasteiger partial charge is 0.227 e. The molecule has 1 atom stereocenters. The Balaban J connectivity index is 0.00000147. The van der Waals surface area contributed by atoms with Crippen LogP contribution < -0.4 is 5.32 Å². The molecule has 0 aliphatic carbocycles. The van der Waals surface area contributed by atoms with Crippen molar-refractivity contribution in [2.45, 2.75) is 25.7 Å². The quantitative estimate of drug-likeness (QED) is 0.945. The van der Waals surface area contributed by atoms with E-state index in [2.05, 4.69) is 15.5 Å². The molecule has 0 radical (unpaired) electrons. The van der Waals surface area contributed by atoms with Crippen LogP contribution in [0.25, 0.3) is 11.4 Å². The van der Waals surface area contributed by atoms with Gasteiger partial charge in [-0.2, -0.15) is 4.98 Å². The normalized spacial score (nSPS) is 19.1. The molecule has 1 aliphatic rings. The highest BCUT2D eigenvalue weighted by molar-refractivity contribution is 5.85. The summed E-state index contributed by atoms with van der Waals surface area (Å²) in [7, 11) is 0. The number of benzene rings is 1. The van der Waals surface area contributed by atoms with Crippen LogP contribution in [0.2, 0.25) is 0 Å². The highest BCUT2D eigenvalue weighted by Gasteiger charge is 2.16. The maximum absolute atomic E-state index is 5.38. The first kappa shape index (κ1) is 15.0. The van der Waals surface area contributed by atoms with Crippen LogP contribution in [0.4, 0.5) is 0 Å². The summed E-state index contributed by atoms with van der Waals surface area (Å²) >= 11 is 0. The molecule has 1 unspecified atom stereocenters. The molecule has 0 spiro atoms. The second-order valence-corrected chi connectivity index (χ2v) is 5.13. The monoisotopic (exact) mass is 293 g/mol. The van der Waals surface area contributed by atoms with Crippen LogP contribution in [0.5, 0.6) is 0 Å². The molecule has 4 nitrogen and oxygen atoms in total. The molecule has 1 aliphatic heterocycles. The molecule has 1 aromatic carbocycles. The predicted octanol–water partition coefficient (Wildman–Crippen LogP) is 3.09. The molecule has 0 bridgehead atoms. The van der Waals surface area contributed by atoms with Crippen molar-refractivity contribution >= 4 is 12.4 Å². The van der Waals surface area contributed by atoms with Crippen molar-refractivity contribution in [3.63, 3.8) is 0 Å². The Labute approximate surface area is 125 Å². The number of aromatic nitrogens is 2. The average Bonchev–Trinajstić information content (AvgIpc) is 2.76. The number of hydrogen-bond donors (Lipinski definition) is 1. The van der Waals surface area contributed by atoms with Crippen molar-refractivity contribution in [1.82, 2.24) is 15.5 Å². The lowest BCUT2D eigenvalue weighted by molar-refractivity contribution is 0.341. The van der Waals surface area contributed by atoms with Crippen molar-refractivity contribution in [2.24, 2.45) is 5.92 Å². The maximum atomic E-state index is 5.38. The molecule has 1 saturated heterocycles. The maximum Gasteiger partial charge on any atom is 0.227 e. The molecule has 1 N–H and O–H groups in total. The predicted molar refractivity (Wildman–Crippen MR) is 80.9 cm³/mol. The van der Waals surface area contributed by atoms with Crippen molar-refractivity contribution in [3.8, 4) is 11.4 Å². The van der Waals surface area contributed by atoms with E-state index in [0.717, 1.165) is 31.0 Å². The zero-order chi connectivity index (χ0) is 12.9. The lowest BCUT2D eigenvalue weighted by atomic mass is 9.97. The third kappa shape index (κ3) is 3.81. The van der Waals surface area contributed by atoms with E-state index in [1.807, 2.05) is 30.3 Å². The molecule has 1 aromatic heterocycles. The molecule has 0 amide bonds. The van der Waals surface area contributed by atoms with Crippen molar-refractivity contribution < 1.29 is 4.52 Å². The summed E-state index contributed by atoms with van der Waals surface area (Å²) in [5.41, 5.74) is 1.01. The van der Waals surface area contributed by atoms with E-state index in [9.17, 15) is 0 Å². The van der Waals surface area contributed by atoms with E-state index in [1.165, 1.54) is 19.3 Å². The van der Waals surface area contributed by atoms with E-state index >= 15 is 0 Å². The van der Waals surface area contributed by atoms with Gasteiger partial charge in [0.1, 0.15) is 0 Å². The van der Waals surface area contributed by atoms with Gasteiger partial charge in [-0.15, -0.1) is 12.4 Å². The Morgan fingerprint density at radius 2 is 2.00 bits per heavy atom. The zero-order valence-electron chi connectivity index (χ0n) is 11.4. The molecule has 20 heavy (non-hydrogen) atoms. The van der Waals surface area contributed by atoms with Gasteiger partial charge in [-0.05, 0) is 38.3 Å². The molecule has 3 rings (SSSR count). The average molecular weight is 294 g/mol. The Morgan fingerprint density at radius 1 is 1.15 bits per heavy atom. The van der Waals surface area contributed by atoms with Crippen molar-refractivity contribution in [3.05, 3.63) is 36.2 Å². The van der Waals surface area contributed by atoms with Gasteiger partial charge in [0, 0.05) is 12.0 Å². The van der Waals surface area contributed by atoms with Gasteiger partial charge in [0.05, 0.1) is 0 Å². The Bertz CT molecular complexity index is 507. The minimum atomic E-state index is 0. The number of nitrogens with zero attached hydrogens (tertiary/aromatic N) is 2. The molecule has 2 aromatic rings. The van der Waals surface area contributed by atoms with Crippen LogP contribution in [-0.4, -0.2) is 23.2 Å². The van der Waals surface area contributed by atoms with Gasteiger partial charge in [-0.25, -0.2) is 0 Å². The summed E-state index contributed by atoms with van der Waals surface area (Å²) in [6, 6.07) is 9.97. The summed E-state index contributed by atoms with van der Waals surface area (Å²) in [5, 5.41) is 7.50. The zero-order valence-corrected chi connectivity index (χ0v) is 12.2. The topological polar surface area (TPSA) is 51.0 Å². The minimum absolute atomic E-state index is 0. The first-order valence-electron chi connectivity index (χ1n) is 7.00. The summed E-state index contributed by atoms with van der Waals surface area (Å²) in [6.07, 6.45) is 4.59. The van der Waals surface area contributed by atoms with E-state index in [0.29, 0.717) is 11.7 Å². The van der Waals surface area contributed by atoms with Crippen LogP contribution in [0.3, 0.4) is 0 Å².